The van der Waals surface area contributed by atoms with Gasteiger partial charge in [0.05, 0.1) is 6.61 Å². The van der Waals surface area contributed by atoms with Gasteiger partial charge in [-0.15, -0.1) is 0 Å². The molecule has 0 unspecified atom stereocenters. The summed E-state index contributed by atoms with van der Waals surface area (Å²) in [6, 6.07) is 0. The summed E-state index contributed by atoms with van der Waals surface area (Å²) in [6.07, 6.45) is 4.08. The molecule has 0 aromatic heterocycles. The van der Waals surface area contributed by atoms with Gasteiger partial charge < -0.3 is 5.32 Å². The van der Waals surface area contributed by atoms with Crippen LogP contribution in [-0.2, 0) is 4.84 Å². The van der Waals surface area contributed by atoms with Gasteiger partial charge in [-0.3, -0.25) is 4.84 Å². The second kappa shape index (κ2) is 3.39. The van der Waals surface area contributed by atoms with Crippen LogP contribution in [-0.4, -0.2) is 13.2 Å². The molecule has 0 aliphatic carbocycles. The molecular formula is C7H12N2O. The van der Waals surface area contributed by atoms with E-state index in [9.17, 15) is 0 Å². The van der Waals surface area contributed by atoms with Gasteiger partial charge in [-0.05, 0) is 18.6 Å². The fourth-order valence-electron chi connectivity index (χ4n) is 0.928. The summed E-state index contributed by atoms with van der Waals surface area (Å²) < 4.78 is 0. The highest BCUT2D eigenvalue weighted by Gasteiger charge is 1.98. The van der Waals surface area contributed by atoms with Gasteiger partial charge in [0.15, 0.2) is 0 Å². The first kappa shape index (κ1) is 7.31. The van der Waals surface area contributed by atoms with Crippen LogP contribution in [0.5, 0.6) is 0 Å². The molecule has 0 atom stereocenters. The molecule has 3 nitrogen and oxygen atoms in total. The van der Waals surface area contributed by atoms with Crippen LogP contribution < -0.4 is 11.2 Å². The first-order valence-corrected chi connectivity index (χ1v) is 3.26. The van der Waals surface area contributed by atoms with Gasteiger partial charge in [0, 0.05) is 12.2 Å². The van der Waals surface area contributed by atoms with Gasteiger partial charge in [0.25, 0.3) is 0 Å². The highest BCUT2D eigenvalue weighted by molar-refractivity contribution is 5.26. The number of rotatable bonds is 2. The summed E-state index contributed by atoms with van der Waals surface area (Å²) in [5, 5.41) is 3.16. The first-order chi connectivity index (χ1) is 4.83. The van der Waals surface area contributed by atoms with Crippen molar-refractivity contribution in [1.29, 1.82) is 0 Å². The molecule has 56 valence electrons. The molecule has 0 saturated heterocycles. The van der Waals surface area contributed by atoms with Crippen LogP contribution >= 0.6 is 0 Å². The van der Waals surface area contributed by atoms with Crippen molar-refractivity contribution in [3.63, 3.8) is 0 Å². The van der Waals surface area contributed by atoms with E-state index in [0.717, 1.165) is 17.8 Å². The summed E-state index contributed by atoms with van der Waals surface area (Å²) in [5.74, 6) is 4.91. The minimum absolute atomic E-state index is 0.499. The maximum atomic E-state index is 4.91. The van der Waals surface area contributed by atoms with Crippen LogP contribution in [0.2, 0.25) is 0 Å². The van der Waals surface area contributed by atoms with Crippen molar-refractivity contribution in [2.45, 2.75) is 6.92 Å². The van der Waals surface area contributed by atoms with E-state index in [1.165, 1.54) is 0 Å². The zero-order chi connectivity index (χ0) is 7.40. The Morgan fingerprint density at radius 3 is 3.20 bits per heavy atom. The van der Waals surface area contributed by atoms with Crippen LogP contribution in [0.25, 0.3) is 0 Å². The standard InChI is InChI=1S/C7H12N2O/c1-6-4-7(5-10-8)2-3-9-6/h2,4,9H,3,5,8H2,1H3. The second-order valence-electron chi connectivity index (χ2n) is 2.30. The molecule has 1 aliphatic heterocycles. The van der Waals surface area contributed by atoms with Crippen LogP contribution in [0, 0.1) is 0 Å². The van der Waals surface area contributed by atoms with E-state index in [4.69, 9.17) is 5.90 Å². The zero-order valence-electron chi connectivity index (χ0n) is 6.05. The monoisotopic (exact) mass is 140 g/mol. The van der Waals surface area contributed by atoms with Gasteiger partial charge in [0.1, 0.15) is 0 Å². The minimum Gasteiger partial charge on any atom is -0.385 e. The highest BCUT2D eigenvalue weighted by atomic mass is 16.6. The van der Waals surface area contributed by atoms with Crippen LogP contribution in [0.3, 0.4) is 0 Å². The molecule has 0 radical (unpaired) electrons. The number of nitrogens with two attached hydrogens (primary N) is 1. The average Bonchev–Trinajstić information content (AvgIpc) is 1.88. The Morgan fingerprint density at radius 1 is 1.80 bits per heavy atom. The van der Waals surface area contributed by atoms with Crippen molar-refractivity contribution in [2.24, 2.45) is 5.90 Å². The number of allylic oxidation sites excluding steroid dienone is 1. The van der Waals surface area contributed by atoms with Crippen LogP contribution in [0.1, 0.15) is 6.92 Å². The molecular weight excluding hydrogens is 128 g/mol. The smallest absolute Gasteiger partial charge is 0.0928 e. The molecule has 3 heteroatoms. The molecule has 3 N–H and O–H groups in total. The molecule has 0 saturated carbocycles. The molecule has 0 amide bonds. The SMILES string of the molecule is CC1=CC(CON)=CCN1. The van der Waals surface area contributed by atoms with Crippen LogP contribution in [0.4, 0.5) is 0 Å². The number of hydrogen-bond donors (Lipinski definition) is 2. The lowest BCUT2D eigenvalue weighted by atomic mass is 10.2. The topological polar surface area (TPSA) is 47.3 Å². The van der Waals surface area contributed by atoms with Crippen molar-refractivity contribution < 1.29 is 4.84 Å². The molecule has 0 spiro atoms. The number of nitrogens with one attached hydrogen (secondary N) is 1. The fraction of sp³-hybridized carbons (Fsp3) is 0.429. The Kier molecular flexibility index (Phi) is 2.48. The Bertz CT molecular complexity index is 172. The Labute approximate surface area is 60.5 Å². The lowest BCUT2D eigenvalue weighted by Gasteiger charge is -2.11. The number of hydrogen-bond acceptors (Lipinski definition) is 3. The predicted octanol–water partition coefficient (Wildman–Crippen LogP) is 0.310. The summed E-state index contributed by atoms with van der Waals surface area (Å²) in [7, 11) is 0. The van der Waals surface area contributed by atoms with E-state index in [1.54, 1.807) is 0 Å². The fourth-order valence-corrected chi connectivity index (χ4v) is 0.928. The van der Waals surface area contributed by atoms with Crippen molar-refractivity contribution in [2.75, 3.05) is 13.2 Å². The van der Waals surface area contributed by atoms with E-state index in [0.29, 0.717) is 6.61 Å². The molecule has 0 bridgehead atoms. The average molecular weight is 140 g/mol. The molecule has 0 aromatic rings. The van der Waals surface area contributed by atoms with E-state index in [2.05, 4.69) is 16.2 Å². The zero-order valence-corrected chi connectivity index (χ0v) is 6.05. The molecule has 0 fully saturated rings. The summed E-state index contributed by atoms with van der Waals surface area (Å²) in [5.41, 5.74) is 2.30. The third-order valence-corrected chi connectivity index (χ3v) is 1.40. The maximum Gasteiger partial charge on any atom is 0.0928 e. The van der Waals surface area contributed by atoms with Crippen molar-refractivity contribution >= 4 is 0 Å². The lowest BCUT2D eigenvalue weighted by Crippen LogP contribution is -2.17. The summed E-state index contributed by atoms with van der Waals surface area (Å²) >= 11 is 0. The molecule has 1 heterocycles. The molecule has 0 aromatic carbocycles. The number of dihydropyridines is 1. The van der Waals surface area contributed by atoms with Gasteiger partial charge in [0.2, 0.25) is 0 Å². The lowest BCUT2D eigenvalue weighted by molar-refractivity contribution is 0.163. The van der Waals surface area contributed by atoms with Crippen molar-refractivity contribution in [3.05, 3.63) is 23.4 Å². The normalized spacial score (nSPS) is 17.4. The largest absolute Gasteiger partial charge is 0.385 e. The first-order valence-electron chi connectivity index (χ1n) is 3.26. The van der Waals surface area contributed by atoms with Gasteiger partial charge in [-0.1, -0.05) is 6.08 Å². The van der Waals surface area contributed by atoms with E-state index in [-0.39, 0.29) is 0 Å². The van der Waals surface area contributed by atoms with Crippen LogP contribution in [0.15, 0.2) is 23.4 Å². The summed E-state index contributed by atoms with van der Waals surface area (Å²) in [4.78, 5) is 4.49. The molecule has 10 heavy (non-hydrogen) atoms. The Balaban J connectivity index is 2.51. The third-order valence-electron chi connectivity index (χ3n) is 1.40. The quantitative estimate of drug-likeness (QED) is 0.543. The van der Waals surface area contributed by atoms with E-state index in [1.807, 2.05) is 13.0 Å². The third kappa shape index (κ3) is 1.86. The van der Waals surface area contributed by atoms with Gasteiger partial charge in [-0.2, -0.15) is 0 Å². The molecule has 1 aliphatic rings. The van der Waals surface area contributed by atoms with Crippen molar-refractivity contribution in [3.8, 4) is 0 Å². The minimum atomic E-state index is 0.499. The second-order valence-corrected chi connectivity index (χ2v) is 2.30. The van der Waals surface area contributed by atoms with Gasteiger partial charge in [-0.25, -0.2) is 5.90 Å². The summed E-state index contributed by atoms with van der Waals surface area (Å²) in [6.45, 7) is 3.39. The Hall–Kier alpha value is -0.800. The van der Waals surface area contributed by atoms with Gasteiger partial charge >= 0.3 is 0 Å². The highest BCUT2D eigenvalue weighted by Crippen LogP contribution is 2.04. The maximum absolute atomic E-state index is 4.91. The van der Waals surface area contributed by atoms with E-state index >= 15 is 0 Å². The molecule has 1 rings (SSSR count). The predicted molar refractivity (Wildman–Crippen MR) is 40.0 cm³/mol. The van der Waals surface area contributed by atoms with E-state index < -0.39 is 0 Å². The van der Waals surface area contributed by atoms with Crippen molar-refractivity contribution in [1.82, 2.24) is 5.32 Å². The Morgan fingerprint density at radius 2 is 2.60 bits per heavy atom.